The molecular formula is C17H18BrFN2. The first-order valence-corrected chi connectivity index (χ1v) is 8.30. The zero-order chi connectivity index (χ0) is 14.7. The van der Waals surface area contributed by atoms with Gasteiger partial charge in [0.05, 0.1) is 0 Å². The SMILES string of the molecule is Fc1cccc(N2CCN(c3ccccc3)CC2)c1CBr. The number of benzene rings is 2. The summed E-state index contributed by atoms with van der Waals surface area (Å²) in [5.41, 5.74) is 3.03. The minimum atomic E-state index is -0.130. The molecule has 110 valence electrons. The quantitative estimate of drug-likeness (QED) is 0.772. The van der Waals surface area contributed by atoms with E-state index in [1.807, 2.05) is 12.1 Å². The summed E-state index contributed by atoms with van der Waals surface area (Å²) in [6.45, 7) is 3.75. The average Bonchev–Trinajstić information content (AvgIpc) is 2.55. The number of hydrogen-bond acceptors (Lipinski definition) is 2. The second-order valence-electron chi connectivity index (χ2n) is 5.18. The zero-order valence-corrected chi connectivity index (χ0v) is 13.4. The lowest BCUT2D eigenvalue weighted by Crippen LogP contribution is -2.46. The highest BCUT2D eigenvalue weighted by molar-refractivity contribution is 9.08. The van der Waals surface area contributed by atoms with Crippen LogP contribution in [0.3, 0.4) is 0 Å². The van der Waals surface area contributed by atoms with Gasteiger partial charge in [0.25, 0.3) is 0 Å². The number of alkyl halides is 1. The molecule has 2 nitrogen and oxygen atoms in total. The fourth-order valence-electron chi connectivity index (χ4n) is 2.82. The summed E-state index contributed by atoms with van der Waals surface area (Å²) >= 11 is 3.40. The van der Waals surface area contributed by atoms with E-state index in [4.69, 9.17) is 0 Å². The summed E-state index contributed by atoms with van der Waals surface area (Å²) < 4.78 is 13.9. The standard InChI is InChI=1S/C17H18BrFN2/c18-13-15-16(19)7-4-8-17(15)21-11-9-20(10-12-21)14-5-2-1-3-6-14/h1-8H,9-13H2. The van der Waals surface area contributed by atoms with Gasteiger partial charge in [-0.15, -0.1) is 0 Å². The summed E-state index contributed by atoms with van der Waals surface area (Å²) in [5.74, 6) is -0.130. The molecule has 0 radical (unpaired) electrons. The Morgan fingerprint density at radius 2 is 1.52 bits per heavy atom. The van der Waals surface area contributed by atoms with Crippen LogP contribution in [0.15, 0.2) is 48.5 Å². The molecule has 0 amide bonds. The van der Waals surface area contributed by atoms with E-state index >= 15 is 0 Å². The maximum atomic E-state index is 13.9. The third-order valence-electron chi connectivity index (χ3n) is 3.97. The van der Waals surface area contributed by atoms with Gasteiger partial charge in [-0.05, 0) is 24.3 Å². The van der Waals surface area contributed by atoms with Crippen LogP contribution < -0.4 is 9.80 Å². The van der Waals surface area contributed by atoms with Gasteiger partial charge in [-0.25, -0.2) is 4.39 Å². The van der Waals surface area contributed by atoms with Crippen molar-refractivity contribution in [1.29, 1.82) is 0 Å². The minimum absolute atomic E-state index is 0.130. The van der Waals surface area contributed by atoms with Crippen LogP contribution in [0.25, 0.3) is 0 Å². The van der Waals surface area contributed by atoms with Crippen molar-refractivity contribution in [3.05, 3.63) is 59.9 Å². The Morgan fingerprint density at radius 3 is 2.19 bits per heavy atom. The summed E-state index contributed by atoms with van der Waals surface area (Å²) in [5, 5.41) is 0.550. The molecule has 1 aliphatic heterocycles. The second kappa shape index (κ2) is 6.48. The van der Waals surface area contributed by atoms with Crippen LogP contribution in [-0.2, 0) is 5.33 Å². The molecular weight excluding hydrogens is 331 g/mol. The van der Waals surface area contributed by atoms with Gasteiger partial charge in [-0.3, -0.25) is 0 Å². The monoisotopic (exact) mass is 348 g/mol. The number of rotatable bonds is 3. The highest BCUT2D eigenvalue weighted by atomic mass is 79.9. The Balaban J connectivity index is 1.73. The Bertz CT molecular complexity index is 595. The summed E-state index contributed by atoms with van der Waals surface area (Å²) in [7, 11) is 0. The summed E-state index contributed by atoms with van der Waals surface area (Å²) in [6, 6.07) is 15.8. The van der Waals surface area contributed by atoms with E-state index in [1.54, 1.807) is 6.07 Å². The molecule has 1 heterocycles. The fraction of sp³-hybridized carbons (Fsp3) is 0.294. The van der Waals surface area contributed by atoms with Gasteiger partial charge in [0.15, 0.2) is 0 Å². The molecule has 0 atom stereocenters. The van der Waals surface area contributed by atoms with Gasteiger partial charge in [-0.1, -0.05) is 40.2 Å². The molecule has 0 bridgehead atoms. The Labute approximate surface area is 133 Å². The molecule has 21 heavy (non-hydrogen) atoms. The highest BCUT2D eigenvalue weighted by Gasteiger charge is 2.20. The smallest absolute Gasteiger partial charge is 0.129 e. The van der Waals surface area contributed by atoms with E-state index in [0.29, 0.717) is 5.33 Å². The zero-order valence-electron chi connectivity index (χ0n) is 11.8. The number of para-hydroxylation sites is 1. The van der Waals surface area contributed by atoms with E-state index in [1.165, 1.54) is 11.8 Å². The van der Waals surface area contributed by atoms with E-state index in [2.05, 4.69) is 50.0 Å². The van der Waals surface area contributed by atoms with Crippen LogP contribution >= 0.6 is 15.9 Å². The first kappa shape index (κ1) is 14.4. The molecule has 4 heteroatoms. The molecule has 0 N–H and O–H groups in total. The largest absolute Gasteiger partial charge is 0.368 e. The van der Waals surface area contributed by atoms with Crippen molar-refractivity contribution in [2.75, 3.05) is 36.0 Å². The molecule has 0 spiro atoms. The molecule has 1 aliphatic rings. The van der Waals surface area contributed by atoms with Gasteiger partial charge in [0.2, 0.25) is 0 Å². The van der Waals surface area contributed by atoms with Crippen molar-refractivity contribution in [3.63, 3.8) is 0 Å². The predicted octanol–water partition coefficient (Wildman–Crippen LogP) is 4.05. The molecule has 3 rings (SSSR count). The van der Waals surface area contributed by atoms with Crippen molar-refractivity contribution < 1.29 is 4.39 Å². The van der Waals surface area contributed by atoms with Gasteiger partial charge in [-0.2, -0.15) is 0 Å². The molecule has 1 fully saturated rings. The Hall–Kier alpha value is -1.55. The molecule has 0 aromatic heterocycles. The Morgan fingerprint density at radius 1 is 0.857 bits per heavy atom. The van der Waals surface area contributed by atoms with Crippen molar-refractivity contribution >= 4 is 27.3 Å². The van der Waals surface area contributed by atoms with Crippen molar-refractivity contribution in [1.82, 2.24) is 0 Å². The van der Waals surface area contributed by atoms with Crippen LogP contribution in [0, 0.1) is 5.82 Å². The van der Waals surface area contributed by atoms with Crippen LogP contribution in [0.1, 0.15) is 5.56 Å². The molecule has 1 saturated heterocycles. The van der Waals surface area contributed by atoms with Gasteiger partial charge in [0, 0.05) is 48.4 Å². The number of piperazine rings is 1. The number of hydrogen-bond donors (Lipinski definition) is 0. The Kier molecular flexibility index (Phi) is 4.44. The molecule has 0 aliphatic carbocycles. The van der Waals surface area contributed by atoms with Crippen LogP contribution in [0.4, 0.5) is 15.8 Å². The van der Waals surface area contributed by atoms with Crippen molar-refractivity contribution in [2.45, 2.75) is 5.33 Å². The number of nitrogens with zero attached hydrogens (tertiary/aromatic N) is 2. The highest BCUT2D eigenvalue weighted by Crippen LogP contribution is 2.27. The molecule has 0 unspecified atom stereocenters. The summed E-state index contributed by atoms with van der Waals surface area (Å²) in [6.07, 6.45) is 0. The topological polar surface area (TPSA) is 6.48 Å². The van der Waals surface area contributed by atoms with Gasteiger partial charge < -0.3 is 9.80 Å². The third-order valence-corrected chi connectivity index (χ3v) is 4.53. The number of anilines is 2. The first-order chi connectivity index (χ1) is 10.3. The summed E-state index contributed by atoms with van der Waals surface area (Å²) in [4.78, 5) is 4.66. The first-order valence-electron chi connectivity index (χ1n) is 7.18. The van der Waals surface area contributed by atoms with Gasteiger partial charge >= 0.3 is 0 Å². The minimum Gasteiger partial charge on any atom is -0.368 e. The van der Waals surface area contributed by atoms with Crippen LogP contribution in [0.2, 0.25) is 0 Å². The van der Waals surface area contributed by atoms with Gasteiger partial charge in [0.1, 0.15) is 5.82 Å². The van der Waals surface area contributed by atoms with E-state index in [0.717, 1.165) is 37.4 Å². The third kappa shape index (κ3) is 3.05. The predicted molar refractivity (Wildman–Crippen MR) is 89.9 cm³/mol. The van der Waals surface area contributed by atoms with Crippen LogP contribution in [0.5, 0.6) is 0 Å². The lowest BCUT2D eigenvalue weighted by Gasteiger charge is -2.38. The maximum absolute atomic E-state index is 13.9. The van der Waals surface area contributed by atoms with E-state index < -0.39 is 0 Å². The molecule has 0 saturated carbocycles. The molecule has 2 aromatic carbocycles. The lowest BCUT2D eigenvalue weighted by atomic mass is 10.1. The lowest BCUT2D eigenvalue weighted by molar-refractivity contribution is 0.610. The average molecular weight is 349 g/mol. The van der Waals surface area contributed by atoms with E-state index in [-0.39, 0.29) is 5.82 Å². The fourth-order valence-corrected chi connectivity index (χ4v) is 3.38. The second-order valence-corrected chi connectivity index (χ2v) is 5.74. The number of halogens is 2. The molecule has 2 aromatic rings. The van der Waals surface area contributed by atoms with Crippen LogP contribution in [-0.4, -0.2) is 26.2 Å². The maximum Gasteiger partial charge on any atom is 0.129 e. The van der Waals surface area contributed by atoms with Crippen molar-refractivity contribution in [2.24, 2.45) is 0 Å². The normalized spacial score (nSPS) is 15.3. The van der Waals surface area contributed by atoms with Crippen molar-refractivity contribution in [3.8, 4) is 0 Å². The van der Waals surface area contributed by atoms with E-state index in [9.17, 15) is 4.39 Å².